The molecule has 1 aliphatic carbocycles. The summed E-state index contributed by atoms with van der Waals surface area (Å²) in [6.07, 6.45) is 2.08. The molecule has 1 N–H and O–H groups in total. The van der Waals surface area contributed by atoms with E-state index in [1.54, 1.807) is 4.90 Å². The first-order valence-corrected chi connectivity index (χ1v) is 8.67. The highest BCUT2D eigenvalue weighted by Crippen LogP contribution is 2.38. The van der Waals surface area contributed by atoms with E-state index in [9.17, 15) is 4.79 Å². The van der Waals surface area contributed by atoms with Crippen molar-refractivity contribution in [2.45, 2.75) is 57.2 Å². The summed E-state index contributed by atoms with van der Waals surface area (Å²) in [5, 5.41) is 4.44. The van der Waals surface area contributed by atoms with Crippen molar-refractivity contribution >= 4 is 17.7 Å². The lowest BCUT2D eigenvalue weighted by Crippen LogP contribution is -2.63. The molecule has 23 heavy (non-hydrogen) atoms. The van der Waals surface area contributed by atoms with E-state index in [0.717, 1.165) is 31.0 Å². The molecule has 1 amide bonds. The molecule has 0 unspecified atom stereocenters. The fourth-order valence-electron chi connectivity index (χ4n) is 3.18. The number of hydrogen-bond donors (Lipinski definition) is 1. The molecule has 0 radical (unpaired) electrons. The molecule has 1 aromatic rings. The van der Waals surface area contributed by atoms with Crippen LogP contribution in [0.1, 0.15) is 45.1 Å². The smallest absolute Gasteiger partial charge is 0.410 e. The SMILES string of the molecule is CC(C)(C)OC(=O)N1CC(NC2CC(c3cccc(Cl)c3)C2)C1. The van der Waals surface area contributed by atoms with Gasteiger partial charge in [0.1, 0.15) is 5.60 Å². The van der Waals surface area contributed by atoms with Crippen molar-refractivity contribution in [1.29, 1.82) is 0 Å². The summed E-state index contributed by atoms with van der Waals surface area (Å²) in [6, 6.07) is 9.09. The van der Waals surface area contributed by atoms with Crippen molar-refractivity contribution in [1.82, 2.24) is 10.2 Å². The van der Waals surface area contributed by atoms with Crippen molar-refractivity contribution in [3.05, 3.63) is 34.9 Å². The number of amides is 1. The number of hydrogen-bond acceptors (Lipinski definition) is 3. The minimum atomic E-state index is -0.423. The number of nitrogens with one attached hydrogen (secondary N) is 1. The van der Waals surface area contributed by atoms with Crippen molar-refractivity contribution in [3.8, 4) is 0 Å². The van der Waals surface area contributed by atoms with Gasteiger partial charge in [-0.1, -0.05) is 23.7 Å². The Labute approximate surface area is 143 Å². The van der Waals surface area contributed by atoms with E-state index < -0.39 is 5.60 Å². The van der Waals surface area contributed by atoms with E-state index in [4.69, 9.17) is 16.3 Å². The Bertz CT molecular complexity index is 573. The van der Waals surface area contributed by atoms with Crippen molar-refractivity contribution in [2.24, 2.45) is 0 Å². The topological polar surface area (TPSA) is 41.6 Å². The summed E-state index contributed by atoms with van der Waals surface area (Å²) < 4.78 is 5.37. The number of nitrogens with zero attached hydrogens (tertiary/aromatic N) is 1. The molecule has 0 spiro atoms. The number of rotatable bonds is 3. The largest absolute Gasteiger partial charge is 0.444 e. The van der Waals surface area contributed by atoms with Crippen LogP contribution in [0.15, 0.2) is 24.3 Å². The minimum absolute atomic E-state index is 0.207. The van der Waals surface area contributed by atoms with Crippen LogP contribution in [-0.4, -0.2) is 41.8 Å². The first-order chi connectivity index (χ1) is 10.8. The fraction of sp³-hybridized carbons (Fsp3) is 0.611. The molecule has 0 aromatic heterocycles. The maximum Gasteiger partial charge on any atom is 0.410 e. The molecule has 1 saturated carbocycles. The molecule has 2 fully saturated rings. The summed E-state index contributed by atoms with van der Waals surface area (Å²) in [5.41, 5.74) is 0.910. The Kier molecular flexibility index (Phi) is 4.56. The molecule has 2 aliphatic rings. The van der Waals surface area contributed by atoms with Gasteiger partial charge in [-0.2, -0.15) is 0 Å². The van der Waals surface area contributed by atoms with Crippen molar-refractivity contribution in [3.63, 3.8) is 0 Å². The number of ether oxygens (including phenoxy) is 1. The third kappa shape index (κ3) is 4.18. The zero-order valence-corrected chi connectivity index (χ0v) is 14.8. The van der Waals surface area contributed by atoms with Gasteiger partial charge in [0, 0.05) is 30.2 Å². The van der Waals surface area contributed by atoms with Gasteiger partial charge in [0.2, 0.25) is 0 Å². The van der Waals surface area contributed by atoms with Gasteiger partial charge in [-0.05, 0) is 57.2 Å². The van der Waals surface area contributed by atoms with Crippen LogP contribution in [0.4, 0.5) is 4.79 Å². The molecule has 4 nitrogen and oxygen atoms in total. The lowest BCUT2D eigenvalue weighted by atomic mass is 9.75. The van der Waals surface area contributed by atoms with E-state index in [1.165, 1.54) is 5.56 Å². The molecule has 5 heteroatoms. The lowest BCUT2D eigenvalue weighted by Gasteiger charge is -2.45. The van der Waals surface area contributed by atoms with Crippen LogP contribution in [0, 0.1) is 0 Å². The van der Waals surface area contributed by atoms with Gasteiger partial charge in [-0.25, -0.2) is 4.79 Å². The van der Waals surface area contributed by atoms with Crippen LogP contribution in [0.3, 0.4) is 0 Å². The normalized spacial score (nSPS) is 24.8. The predicted molar refractivity (Wildman–Crippen MR) is 91.9 cm³/mol. The Morgan fingerprint density at radius 1 is 1.26 bits per heavy atom. The molecule has 0 bridgehead atoms. The number of carbonyl (C=O) groups excluding carboxylic acids is 1. The van der Waals surface area contributed by atoms with Gasteiger partial charge >= 0.3 is 6.09 Å². The average Bonchev–Trinajstić information content (AvgIpc) is 2.32. The van der Waals surface area contributed by atoms with E-state index in [0.29, 0.717) is 18.0 Å². The average molecular weight is 337 g/mol. The van der Waals surface area contributed by atoms with E-state index >= 15 is 0 Å². The Morgan fingerprint density at radius 2 is 1.96 bits per heavy atom. The lowest BCUT2D eigenvalue weighted by molar-refractivity contribution is 0.00259. The third-order valence-corrected chi connectivity index (χ3v) is 4.70. The highest BCUT2D eigenvalue weighted by molar-refractivity contribution is 6.30. The van der Waals surface area contributed by atoms with Crippen LogP contribution in [0.25, 0.3) is 0 Å². The van der Waals surface area contributed by atoms with Crippen molar-refractivity contribution in [2.75, 3.05) is 13.1 Å². The Morgan fingerprint density at radius 3 is 2.57 bits per heavy atom. The van der Waals surface area contributed by atoms with E-state index in [1.807, 2.05) is 32.9 Å². The third-order valence-electron chi connectivity index (χ3n) is 4.46. The molecule has 1 saturated heterocycles. The maximum absolute atomic E-state index is 11.9. The molecule has 1 aliphatic heterocycles. The first kappa shape index (κ1) is 16.6. The van der Waals surface area contributed by atoms with Crippen molar-refractivity contribution < 1.29 is 9.53 Å². The second kappa shape index (κ2) is 6.33. The first-order valence-electron chi connectivity index (χ1n) is 8.29. The molecular formula is C18H25ClN2O2. The second-order valence-corrected chi connectivity index (χ2v) is 8.11. The number of likely N-dealkylation sites (tertiary alicyclic amines) is 1. The fourth-order valence-corrected chi connectivity index (χ4v) is 3.38. The molecular weight excluding hydrogens is 312 g/mol. The number of halogens is 1. The highest BCUT2D eigenvalue weighted by atomic mass is 35.5. The highest BCUT2D eigenvalue weighted by Gasteiger charge is 2.38. The predicted octanol–water partition coefficient (Wildman–Crippen LogP) is 3.79. The van der Waals surface area contributed by atoms with Crippen LogP contribution in [-0.2, 0) is 4.74 Å². The maximum atomic E-state index is 11.9. The van der Waals surface area contributed by atoms with Crippen LogP contribution >= 0.6 is 11.6 Å². The zero-order valence-electron chi connectivity index (χ0n) is 14.0. The quantitative estimate of drug-likeness (QED) is 0.913. The summed E-state index contributed by atoms with van der Waals surface area (Å²) in [4.78, 5) is 13.6. The molecule has 1 heterocycles. The summed E-state index contributed by atoms with van der Waals surface area (Å²) in [5.74, 6) is 0.605. The van der Waals surface area contributed by atoms with Crippen LogP contribution in [0.5, 0.6) is 0 Å². The Hall–Kier alpha value is -1.26. The standard InChI is InChI=1S/C18H25ClN2O2/c1-18(2,3)23-17(22)21-10-16(11-21)20-15-8-13(9-15)12-5-4-6-14(19)7-12/h4-7,13,15-16,20H,8-11H2,1-3H3. The number of carbonyl (C=O) groups is 1. The van der Waals surface area contributed by atoms with Crippen LogP contribution < -0.4 is 5.32 Å². The summed E-state index contributed by atoms with van der Waals surface area (Å²) in [6.45, 7) is 7.17. The summed E-state index contributed by atoms with van der Waals surface area (Å²) >= 11 is 6.05. The molecule has 126 valence electrons. The molecule has 1 aromatic carbocycles. The van der Waals surface area contributed by atoms with Gasteiger partial charge in [0.15, 0.2) is 0 Å². The number of benzene rings is 1. The molecule has 0 atom stereocenters. The van der Waals surface area contributed by atoms with Gasteiger partial charge in [-0.3, -0.25) is 0 Å². The van der Waals surface area contributed by atoms with Crippen LogP contribution in [0.2, 0.25) is 5.02 Å². The summed E-state index contributed by atoms with van der Waals surface area (Å²) in [7, 11) is 0. The van der Waals surface area contributed by atoms with Gasteiger partial charge in [0.05, 0.1) is 0 Å². The van der Waals surface area contributed by atoms with Gasteiger partial charge in [0.25, 0.3) is 0 Å². The van der Waals surface area contributed by atoms with E-state index in [-0.39, 0.29) is 6.09 Å². The zero-order chi connectivity index (χ0) is 16.6. The second-order valence-electron chi connectivity index (χ2n) is 7.67. The molecule has 3 rings (SSSR count). The minimum Gasteiger partial charge on any atom is -0.444 e. The van der Waals surface area contributed by atoms with Gasteiger partial charge < -0.3 is 15.0 Å². The van der Waals surface area contributed by atoms with E-state index in [2.05, 4.69) is 17.4 Å². The Balaban J connectivity index is 1.37. The van der Waals surface area contributed by atoms with Gasteiger partial charge in [-0.15, -0.1) is 0 Å². The monoisotopic (exact) mass is 336 g/mol.